The Morgan fingerprint density at radius 3 is 3.04 bits per heavy atom. The predicted molar refractivity (Wildman–Crippen MR) is 95.0 cm³/mol. The van der Waals surface area contributed by atoms with Crippen molar-refractivity contribution in [3.05, 3.63) is 69.3 Å². The van der Waals surface area contributed by atoms with Crippen molar-refractivity contribution in [2.75, 3.05) is 6.54 Å². The van der Waals surface area contributed by atoms with Gasteiger partial charge in [0.1, 0.15) is 17.8 Å². The molecule has 0 spiro atoms. The molecule has 1 atom stereocenters. The fourth-order valence-corrected chi connectivity index (χ4v) is 3.86. The smallest absolute Gasteiger partial charge is 0.276 e. The van der Waals surface area contributed by atoms with Gasteiger partial charge in [-0.1, -0.05) is 17.7 Å². The quantitative estimate of drug-likeness (QED) is 0.631. The molecule has 1 aliphatic rings. The van der Waals surface area contributed by atoms with Crippen molar-refractivity contribution in [1.82, 2.24) is 9.88 Å². The van der Waals surface area contributed by atoms with Crippen LogP contribution < -0.4 is 4.74 Å². The zero-order valence-corrected chi connectivity index (χ0v) is 15.1. The molecule has 1 fully saturated rings. The summed E-state index contributed by atoms with van der Waals surface area (Å²) in [6.07, 6.45) is 2.28. The van der Waals surface area contributed by atoms with E-state index in [-0.39, 0.29) is 35.2 Å². The highest BCUT2D eigenvalue weighted by atomic mass is 35.5. The Balaban J connectivity index is 1.40. The largest absolute Gasteiger partial charge is 0.482 e. The van der Waals surface area contributed by atoms with Gasteiger partial charge in [-0.25, -0.2) is 9.37 Å². The number of nitrogens with zero attached hydrogens (tertiary/aromatic N) is 2. The van der Waals surface area contributed by atoms with Crippen LogP contribution in [-0.2, 0) is 6.61 Å². The lowest BCUT2D eigenvalue weighted by Crippen LogP contribution is -2.44. The molecule has 134 valence electrons. The number of aromatic nitrogens is 1. The summed E-state index contributed by atoms with van der Waals surface area (Å²) in [5.41, 5.74) is 0.245. The standard InChI is InChI=1S/C18H14ClFN2O3S/c19-12-8-11(20)3-4-15(12)24-10-17-21-13(9-25-17)18(23)22-6-5-14(22)16-2-1-7-26-16/h1-4,7-9,14H,5-6,10H2/t14-/m1/s1. The number of amides is 1. The van der Waals surface area contributed by atoms with E-state index >= 15 is 0 Å². The third kappa shape index (κ3) is 3.32. The molecular weight excluding hydrogens is 379 g/mol. The van der Waals surface area contributed by atoms with Crippen LogP contribution in [0.2, 0.25) is 5.02 Å². The molecule has 5 nitrogen and oxygen atoms in total. The summed E-state index contributed by atoms with van der Waals surface area (Å²) < 4.78 is 23.8. The van der Waals surface area contributed by atoms with Gasteiger partial charge in [0.15, 0.2) is 12.3 Å². The minimum Gasteiger partial charge on any atom is -0.482 e. The fourth-order valence-electron chi connectivity index (χ4n) is 2.76. The Morgan fingerprint density at radius 1 is 1.46 bits per heavy atom. The number of hydrogen-bond acceptors (Lipinski definition) is 5. The van der Waals surface area contributed by atoms with E-state index in [0.29, 0.717) is 12.3 Å². The van der Waals surface area contributed by atoms with E-state index in [1.807, 2.05) is 17.5 Å². The number of hydrogen-bond donors (Lipinski definition) is 0. The van der Waals surface area contributed by atoms with Gasteiger partial charge in [0.2, 0.25) is 5.89 Å². The molecule has 1 saturated heterocycles. The first kappa shape index (κ1) is 17.1. The molecule has 0 N–H and O–H groups in total. The molecule has 26 heavy (non-hydrogen) atoms. The maximum absolute atomic E-state index is 13.0. The maximum atomic E-state index is 13.0. The zero-order chi connectivity index (χ0) is 18.1. The van der Waals surface area contributed by atoms with Crippen LogP contribution in [0.5, 0.6) is 5.75 Å². The van der Waals surface area contributed by atoms with E-state index in [9.17, 15) is 9.18 Å². The third-order valence-corrected chi connectivity index (χ3v) is 5.44. The Hall–Kier alpha value is -2.38. The van der Waals surface area contributed by atoms with Crippen LogP contribution in [0.25, 0.3) is 0 Å². The lowest BCUT2D eigenvalue weighted by atomic mass is 10.0. The van der Waals surface area contributed by atoms with E-state index in [1.165, 1.54) is 23.3 Å². The van der Waals surface area contributed by atoms with Gasteiger partial charge in [-0.15, -0.1) is 11.3 Å². The van der Waals surface area contributed by atoms with E-state index in [0.717, 1.165) is 12.5 Å². The van der Waals surface area contributed by atoms with Crippen molar-refractivity contribution < 1.29 is 18.3 Å². The molecular formula is C18H14ClFN2O3S. The molecule has 0 aliphatic carbocycles. The number of rotatable bonds is 5. The highest BCUT2D eigenvalue weighted by Gasteiger charge is 2.35. The lowest BCUT2D eigenvalue weighted by molar-refractivity contribution is 0.0461. The predicted octanol–water partition coefficient (Wildman–Crippen LogP) is 4.69. The molecule has 2 aromatic heterocycles. The molecule has 0 unspecified atom stereocenters. The molecule has 3 aromatic rings. The number of likely N-dealkylation sites (tertiary alicyclic amines) is 1. The first-order chi connectivity index (χ1) is 12.6. The van der Waals surface area contributed by atoms with Crippen LogP contribution in [0.3, 0.4) is 0 Å². The van der Waals surface area contributed by atoms with E-state index in [4.69, 9.17) is 20.8 Å². The molecule has 0 saturated carbocycles. The zero-order valence-electron chi connectivity index (χ0n) is 13.5. The van der Waals surface area contributed by atoms with Crippen LogP contribution >= 0.6 is 22.9 Å². The van der Waals surface area contributed by atoms with Crippen LogP contribution in [0.15, 0.2) is 46.4 Å². The van der Waals surface area contributed by atoms with Crippen molar-refractivity contribution in [3.8, 4) is 5.75 Å². The first-order valence-electron chi connectivity index (χ1n) is 7.98. The summed E-state index contributed by atoms with van der Waals surface area (Å²) in [7, 11) is 0. The Morgan fingerprint density at radius 2 is 2.35 bits per heavy atom. The number of carbonyl (C=O) groups is 1. The summed E-state index contributed by atoms with van der Waals surface area (Å²) in [5.74, 6) is -0.0350. The van der Waals surface area contributed by atoms with Crippen LogP contribution in [0.4, 0.5) is 4.39 Å². The molecule has 1 aliphatic heterocycles. The normalized spacial score (nSPS) is 16.4. The maximum Gasteiger partial charge on any atom is 0.276 e. The second kappa shape index (κ2) is 7.09. The van der Waals surface area contributed by atoms with E-state index < -0.39 is 5.82 Å². The van der Waals surface area contributed by atoms with Crippen LogP contribution in [0.1, 0.15) is 33.7 Å². The van der Waals surface area contributed by atoms with Gasteiger partial charge in [0, 0.05) is 11.4 Å². The highest BCUT2D eigenvalue weighted by Crippen LogP contribution is 2.36. The van der Waals surface area contributed by atoms with Gasteiger partial charge >= 0.3 is 0 Å². The van der Waals surface area contributed by atoms with Crippen LogP contribution in [0, 0.1) is 5.82 Å². The molecule has 4 rings (SSSR count). The summed E-state index contributed by atoms with van der Waals surface area (Å²) in [4.78, 5) is 19.8. The number of carbonyl (C=O) groups excluding carboxylic acids is 1. The molecule has 8 heteroatoms. The van der Waals surface area contributed by atoms with Crippen molar-refractivity contribution in [2.45, 2.75) is 19.1 Å². The van der Waals surface area contributed by atoms with Crippen molar-refractivity contribution in [3.63, 3.8) is 0 Å². The highest BCUT2D eigenvalue weighted by molar-refractivity contribution is 7.10. The van der Waals surface area contributed by atoms with Gasteiger partial charge < -0.3 is 14.1 Å². The third-order valence-electron chi connectivity index (χ3n) is 4.17. The lowest BCUT2D eigenvalue weighted by Gasteiger charge is -2.39. The number of halogens is 2. The number of benzene rings is 1. The van der Waals surface area contributed by atoms with Crippen LogP contribution in [-0.4, -0.2) is 22.3 Å². The second-order valence-electron chi connectivity index (χ2n) is 5.81. The Labute approximate surface area is 158 Å². The Kier molecular flexibility index (Phi) is 4.65. The van der Waals surface area contributed by atoms with Gasteiger partial charge in [-0.05, 0) is 36.1 Å². The van der Waals surface area contributed by atoms with Gasteiger partial charge in [-0.3, -0.25) is 4.79 Å². The topological polar surface area (TPSA) is 55.6 Å². The number of ether oxygens (including phenoxy) is 1. The first-order valence-corrected chi connectivity index (χ1v) is 9.24. The average molecular weight is 393 g/mol. The molecule has 0 radical (unpaired) electrons. The fraction of sp³-hybridized carbons (Fsp3) is 0.222. The van der Waals surface area contributed by atoms with E-state index in [2.05, 4.69) is 4.98 Å². The van der Waals surface area contributed by atoms with Crippen molar-refractivity contribution in [1.29, 1.82) is 0 Å². The molecule has 1 aromatic carbocycles. The van der Waals surface area contributed by atoms with Crippen molar-refractivity contribution >= 4 is 28.8 Å². The number of oxazole rings is 1. The summed E-state index contributed by atoms with van der Waals surface area (Å²) in [6.45, 7) is 0.693. The van der Waals surface area contributed by atoms with Gasteiger partial charge in [-0.2, -0.15) is 0 Å². The molecule has 1 amide bonds. The van der Waals surface area contributed by atoms with Gasteiger partial charge in [0.25, 0.3) is 5.91 Å². The molecule has 0 bridgehead atoms. The minimum atomic E-state index is -0.443. The second-order valence-corrected chi connectivity index (χ2v) is 7.19. The van der Waals surface area contributed by atoms with Gasteiger partial charge in [0.05, 0.1) is 11.1 Å². The monoisotopic (exact) mass is 392 g/mol. The van der Waals surface area contributed by atoms with E-state index in [1.54, 1.807) is 16.2 Å². The summed E-state index contributed by atoms with van der Waals surface area (Å²) in [6, 6.07) is 7.96. The average Bonchev–Trinajstić information content (AvgIpc) is 3.25. The summed E-state index contributed by atoms with van der Waals surface area (Å²) >= 11 is 7.55. The Bertz CT molecular complexity index is 928. The minimum absolute atomic E-state index is 0.00696. The van der Waals surface area contributed by atoms with Crippen molar-refractivity contribution in [2.24, 2.45) is 0 Å². The summed E-state index contributed by atoms with van der Waals surface area (Å²) in [5, 5.41) is 2.16. The SMILES string of the molecule is O=C(c1coc(COc2ccc(F)cc2Cl)n1)N1CC[C@@H]1c1cccs1. The molecule has 3 heterocycles. The number of thiophene rings is 1.